The van der Waals surface area contributed by atoms with E-state index < -0.39 is 0 Å². The monoisotopic (exact) mass is 722 g/mol. The van der Waals surface area contributed by atoms with Crippen molar-refractivity contribution in [1.82, 2.24) is 0 Å². The zero-order chi connectivity index (χ0) is 38.3. The Balaban J connectivity index is 1.26. The molecule has 4 nitrogen and oxygen atoms in total. The summed E-state index contributed by atoms with van der Waals surface area (Å²) < 4.78 is 11.0. The summed E-state index contributed by atoms with van der Waals surface area (Å²) in [6, 6.07) is 61.3. The molecule has 1 unspecified atom stereocenters. The molecule has 1 atom stereocenters. The van der Waals surface area contributed by atoms with Gasteiger partial charge in [0.05, 0.1) is 14.2 Å². The number of ether oxygens (including phenoxy) is 2. The molecule has 0 saturated heterocycles. The number of hydrogen-bond donors (Lipinski definition) is 0. The van der Waals surface area contributed by atoms with Crippen molar-refractivity contribution in [1.29, 1.82) is 0 Å². The Labute approximate surface area is 327 Å². The Hall–Kier alpha value is -6.26. The lowest BCUT2D eigenvalue weighted by atomic mass is 9.78. The molecule has 0 fully saturated rings. The first kappa shape index (κ1) is 37.1. The van der Waals surface area contributed by atoms with Crippen molar-refractivity contribution in [3.8, 4) is 11.5 Å². The van der Waals surface area contributed by atoms with Gasteiger partial charge in [0.1, 0.15) is 11.5 Å². The Kier molecular flexibility index (Phi) is 11.3. The molecule has 0 aliphatic heterocycles. The molecule has 0 heterocycles. The largest absolute Gasteiger partial charge is 0.497 e. The Bertz CT molecular complexity index is 2120. The van der Waals surface area contributed by atoms with Crippen LogP contribution < -0.4 is 19.3 Å². The van der Waals surface area contributed by atoms with Gasteiger partial charge in [0.25, 0.3) is 0 Å². The summed E-state index contributed by atoms with van der Waals surface area (Å²) in [7, 11) is 3.41. The first-order valence-corrected chi connectivity index (χ1v) is 19.1. The van der Waals surface area contributed by atoms with Gasteiger partial charge in [0, 0.05) is 40.0 Å². The minimum Gasteiger partial charge on any atom is -0.497 e. The van der Waals surface area contributed by atoms with Crippen molar-refractivity contribution < 1.29 is 9.47 Å². The van der Waals surface area contributed by atoms with Gasteiger partial charge < -0.3 is 19.3 Å². The molecule has 0 bridgehead atoms. The third-order valence-electron chi connectivity index (χ3n) is 10.5. The van der Waals surface area contributed by atoms with Gasteiger partial charge in [-0.05, 0) is 147 Å². The standard InChI is InChI=1S/C51H50N2O2/c1-36-7-13-40(14-8-36)35-39(4)51(41-15-23-45(24-16-41)52(43-19-9-37(2)10-20-43)47-27-31-49(54-5)32-28-47)42-17-25-46(26-18-42)53(44-21-11-38(3)12-22-44)48-29-33-50(55-6)34-30-48/h7-34,39,51H,35H2,1-6H3. The van der Waals surface area contributed by atoms with E-state index in [1.54, 1.807) is 14.2 Å². The number of anilines is 6. The molecular formula is C51H50N2O2. The van der Waals surface area contributed by atoms with Crippen molar-refractivity contribution in [2.75, 3.05) is 24.0 Å². The predicted octanol–water partition coefficient (Wildman–Crippen LogP) is 13.6. The molecule has 0 amide bonds. The fourth-order valence-electron chi connectivity index (χ4n) is 7.47. The predicted molar refractivity (Wildman–Crippen MR) is 231 cm³/mol. The normalized spacial score (nSPS) is 11.6. The highest BCUT2D eigenvalue weighted by Gasteiger charge is 2.24. The Morgan fingerprint density at radius 1 is 0.382 bits per heavy atom. The molecule has 0 N–H and O–H groups in total. The molecule has 7 rings (SSSR count). The summed E-state index contributed by atoms with van der Waals surface area (Å²) in [4.78, 5) is 4.61. The molecule has 0 saturated carbocycles. The van der Waals surface area contributed by atoms with E-state index in [2.05, 4.69) is 183 Å². The molecule has 0 radical (unpaired) electrons. The van der Waals surface area contributed by atoms with E-state index in [9.17, 15) is 0 Å². The van der Waals surface area contributed by atoms with Crippen LogP contribution >= 0.6 is 0 Å². The second kappa shape index (κ2) is 16.8. The second-order valence-corrected chi connectivity index (χ2v) is 14.6. The van der Waals surface area contributed by atoms with Crippen molar-refractivity contribution in [2.24, 2.45) is 5.92 Å². The SMILES string of the molecule is COc1ccc(N(c2ccc(C)cc2)c2ccc(C(c3ccc(N(c4ccc(C)cc4)c4ccc(OC)cc4)cc3)C(C)Cc3ccc(C)cc3)cc2)cc1. The minimum atomic E-state index is 0.173. The van der Waals surface area contributed by atoms with Crippen molar-refractivity contribution in [3.05, 3.63) is 203 Å². The van der Waals surface area contributed by atoms with E-state index in [0.29, 0.717) is 5.92 Å². The average Bonchev–Trinajstić information content (AvgIpc) is 3.22. The smallest absolute Gasteiger partial charge is 0.119 e. The van der Waals surface area contributed by atoms with Crippen molar-refractivity contribution in [3.63, 3.8) is 0 Å². The van der Waals surface area contributed by atoms with E-state index in [1.807, 2.05) is 24.3 Å². The van der Waals surface area contributed by atoms with Crippen LogP contribution in [-0.2, 0) is 6.42 Å². The number of rotatable bonds is 13. The lowest BCUT2D eigenvalue weighted by Crippen LogP contribution is -2.16. The number of methoxy groups -OCH3 is 2. The molecule has 0 aliphatic rings. The molecule has 0 aromatic heterocycles. The molecule has 0 aliphatic carbocycles. The summed E-state index contributed by atoms with van der Waals surface area (Å²) >= 11 is 0. The summed E-state index contributed by atoms with van der Waals surface area (Å²) in [6.45, 7) is 8.79. The third kappa shape index (κ3) is 8.60. The fraction of sp³-hybridized carbons (Fsp3) is 0.176. The number of benzene rings is 7. The van der Waals surface area contributed by atoms with Crippen LogP contribution in [0.25, 0.3) is 0 Å². The van der Waals surface area contributed by atoms with Crippen LogP contribution in [0.2, 0.25) is 0 Å². The summed E-state index contributed by atoms with van der Waals surface area (Å²) in [6.07, 6.45) is 0.969. The average molecular weight is 723 g/mol. The maximum atomic E-state index is 5.48. The van der Waals surface area contributed by atoms with E-state index in [0.717, 1.165) is 52.0 Å². The highest BCUT2D eigenvalue weighted by atomic mass is 16.5. The molecule has 276 valence electrons. The number of aryl methyl sites for hydroxylation is 3. The van der Waals surface area contributed by atoms with Gasteiger partial charge in [-0.2, -0.15) is 0 Å². The molecular weight excluding hydrogens is 673 g/mol. The van der Waals surface area contributed by atoms with Crippen LogP contribution in [0, 0.1) is 26.7 Å². The van der Waals surface area contributed by atoms with Crippen LogP contribution in [0.3, 0.4) is 0 Å². The third-order valence-corrected chi connectivity index (χ3v) is 10.5. The van der Waals surface area contributed by atoms with Gasteiger partial charge in [-0.25, -0.2) is 0 Å². The molecule has 7 aromatic carbocycles. The van der Waals surface area contributed by atoms with Crippen molar-refractivity contribution in [2.45, 2.75) is 40.0 Å². The molecule has 7 aromatic rings. The van der Waals surface area contributed by atoms with Crippen molar-refractivity contribution >= 4 is 34.1 Å². The van der Waals surface area contributed by atoms with Gasteiger partial charge in [0.15, 0.2) is 0 Å². The minimum absolute atomic E-state index is 0.173. The van der Waals surface area contributed by atoms with Crippen LogP contribution in [0.1, 0.15) is 46.2 Å². The highest BCUT2D eigenvalue weighted by molar-refractivity contribution is 5.78. The van der Waals surface area contributed by atoms with E-state index in [-0.39, 0.29) is 5.92 Å². The summed E-state index contributed by atoms with van der Waals surface area (Å²) in [5.74, 6) is 2.19. The summed E-state index contributed by atoms with van der Waals surface area (Å²) in [5.41, 5.74) is 14.3. The maximum Gasteiger partial charge on any atom is 0.119 e. The van der Waals surface area contributed by atoms with E-state index in [4.69, 9.17) is 9.47 Å². The zero-order valence-corrected chi connectivity index (χ0v) is 32.7. The fourth-order valence-corrected chi connectivity index (χ4v) is 7.47. The molecule has 4 heteroatoms. The maximum absolute atomic E-state index is 5.48. The molecule has 55 heavy (non-hydrogen) atoms. The molecule has 0 spiro atoms. The van der Waals surface area contributed by atoms with Gasteiger partial charge in [-0.15, -0.1) is 0 Å². The van der Waals surface area contributed by atoms with Gasteiger partial charge >= 0.3 is 0 Å². The highest BCUT2D eigenvalue weighted by Crippen LogP contribution is 2.41. The summed E-state index contributed by atoms with van der Waals surface area (Å²) in [5, 5.41) is 0. The van der Waals surface area contributed by atoms with Crippen LogP contribution in [-0.4, -0.2) is 14.2 Å². The quantitative estimate of drug-likeness (QED) is 0.118. The van der Waals surface area contributed by atoms with Gasteiger partial charge in [0.2, 0.25) is 0 Å². The number of nitrogens with zero attached hydrogens (tertiary/aromatic N) is 2. The lowest BCUT2D eigenvalue weighted by Gasteiger charge is -2.29. The topological polar surface area (TPSA) is 24.9 Å². The first-order chi connectivity index (χ1) is 26.8. The van der Waals surface area contributed by atoms with Gasteiger partial charge in [-0.1, -0.05) is 96.4 Å². The van der Waals surface area contributed by atoms with E-state index in [1.165, 1.54) is 33.4 Å². The van der Waals surface area contributed by atoms with Crippen LogP contribution in [0.4, 0.5) is 34.1 Å². The Morgan fingerprint density at radius 3 is 0.964 bits per heavy atom. The second-order valence-electron chi connectivity index (χ2n) is 14.6. The van der Waals surface area contributed by atoms with Crippen LogP contribution in [0.15, 0.2) is 170 Å². The lowest BCUT2D eigenvalue weighted by molar-refractivity contribution is 0.414. The van der Waals surface area contributed by atoms with Crippen LogP contribution in [0.5, 0.6) is 11.5 Å². The first-order valence-electron chi connectivity index (χ1n) is 19.1. The van der Waals surface area contributed by atoms with Gasteiger partial charge in [-0.3, -0.25) is 0 Å². The van der Waals surface area contributed by atoms with E-state index >= 15 is 0 Å². The Morgan fingerprint density at radius 2 is 0.655 bits per heavy atom. The number of hydrogen-bond acceptors (Lipinski definition) is 4. The zero-order valence-electron chi connectivity index (χ0n) is 32.7.